The van der Waals surface area contributed by atoms with E-state index in [0.29, 0.717) is 17.3 Å². The molecule has 0 bridgehead atoms. The van der Waals surface area contributed by atoms with E-state index in [4.69, 9.17) is 0 Å². The molecule has 0 aliphatic heterocycles. The molecule has 0 saturated heterocycles. The van der Waals surface area contributed by atoms with Crippen molar-refractivity contribution in [1.82, 2.24) is 10.3 Å². The summed E-state index contributed by atoms with van der Waals surface area (Å²) in [6, 6.07) is 2.07. The molecule has 1 fully saturated rings. The van der Waals surface area contributed by atoms with Gasteiger partial charge in [-0.1, -0.05) is 13.5 Å². The van der Waals surface area contributed by atoms with Crippen LogP contribution in [-0.4, -0.2) is 11.0 Å². The van der Waals surface area contributed by atoms with E-state index < -0.39 is 6.43 Å². The van der Waals surface area contributed by atoms with Gasteiger partial charge in [0.2, 0.25) is 0 Å². The Morgan fingerprint density at radius 2 is 2.00 bits per heavy atom. The van der Waals surface area contributed by atoms with Gasteiger partial charge in [-0.2, -0.15) is 0 Å². The van der Waals surface area contributed by atoms with E-state index in [1.807, 2.05) is 6.92 Å². The average Bonchev–Trinajstić information content (AvgIpc) is 2.41. The molecule has 1 aliphatic rings. The highest BCUT2D eigenvalue weighted by Crippen LogP contribution is 2.28. The lowest BCUT2D eigenvalue weighted by molar-refractivity contribution is 0.145. The molecule has 1 heterocycles. The molecule has 1 N–H and O–H groups in total. The van der Waals surface area contributed by atoms with Crippen LogP contribution in [0.1, 0.15) is 55.9 Å². The van der Waals surface area contributed by atoms with Crippen LogP contribution in [0.3, 0.4) is 0 Å². The quantitative estimate of drug-likeness (QED) is 0.880. The minimum absolute atomic E-state index is 0.183. The van der Waals surface area contributed by atoms with Crippen LogP contribution in [0.2, 0.25) is 0 Å². The van der Waals surface area contributed by atoms with Crippen molar-refractivity contribution in [3.05, 3.63) is 35.7 Å². The van der Waals surface area contributed by atoms with Gasteiger partial charge in [-0.05, 0) is 50.2 Å². The third-order valence-corrected chi connectivity index (χ3v) is 3.98. The lowest BCUT2D eigenvalue weighted by atomic mass is 9.87. The molecular weight excluding hydrogens is 258 g/mol. The monoisotopic (exact) mass is 280 g/mol. The van der Waals surface area contributed by atoms with Crippen LogP contribution < -0.4 is 5.32 Å². The highest BCUT2D eigenvalue weighted by Gasteiger charge is 2.21. The molecule has 2 nitrogen and oxygen atoms in total. The molecule has 110 valence electrons. The van der Waals surface area contributed by atoms with Crippen molar-refractivity contribution in [3.63, 3.8) is 0 Å². The molecule has 0 atom stereocenters. The van der Waals surface area contributed by atoms with Gasteiger partial charge in [-0.25, -0.2) is 8.78 Å². The molecule has 1 aromatic heterocycles. The van der Waals surface area contributed by atoms with E-state index >= 15 is 0 Å². The maximum absolute atomic E-state index is 13.0. The first-order valence-electron chi connectivity index (χ1n) is 7.18. The normalized spacial score (nSPS) is 22.9. The zero-order valence-electron chi connectivity index (χ0n) is 12.1. The van der Waals surface area contributed by atoms with Crippen LogP contribution in [0.25, 0.3) is 5.70 Å². The van der Waals surface area contributed by atoms with Crippen LogP contribution in [0.5, 0.6) is 0 Å². The van der Waals surface area contributed by atoms with Gasteiger partial charge in [-0.15, -0.1) is 0 Å². The van der Waals surface area contributed by atoms with E-state index in [0.717, 1.165) is 24.3 Å². The number of rotatable bonds is 4. The maximum atomic E-state index is 13.0. The molecule has 0 unspecified atom stereocenters. The highest BCUT2D eigenvalue weighted by atomic mass is 19.3. The zero-order valence-corrected chi connectivity index (χ0v) is 12.1. The van der Waals surface area contributed by atoms with Crippen LogP contribution in [0.4, 0.5) is 8.78 Å². The van der Waals surface area contributed by atoms with Crippen LogP contribution in [-0.2, 0) is 0 Å². The molecule has 0 spiro atoms. The Balaban J connectivity index is 2.10. The number of nitrogens with zero attached hydrogens (tertiary/aromatic N) is 1. The molecule has 4 heteroatoms. The molecule has 0 amide bonds. The van der Waals surface area contributed by atoms with Gasteiger partial charge >= 0.3 is 0 Å². The molecular formula is C16H22F2N2. The van der Waals surface area contributed by atoms with E-state index in [1.54, 1.807) is 6.07 Å². The topological polar surface area (TPSA) is 24.9 Å². The fraction of sp³-hybridized carbons (Fsp3) is 0.562. The SMILES string of the molecule is C=C(N[C@H]1CC[C@H](C)CC1)c1cc(C)cnc1C(F)F. The Morgan fingerprint density at radius 3 is 2.60 bits per heavy atom. The van der Waals surface area contributed by atoms with E-state index in [-0.39, 0.29) is 5.69 Å². The smallest absolute Gasteiger partial charge is 0.281 e. The van der Waals surface area contributed by atoms with Crippen molar-refractivity contribution in [2.75, 3.05) is 0 Å². The first-order valence-corrected chi connectivity index (χ1v) is 7.18. The highest BCUT2D eigenvalue weighted by molar-refractivity contribution is 5.64. The van der Waals surface area contributed by atoms with Crippen molar-refractivity contribution in [2.24, 2.45) is 5.92 Å². The summed E-state index contributed by atoms with van der Waals surface area (Å²) in [5, 5.41) is 3.31. The standard InChI is InChI=1S/C16H22F2N2/c1-10-4-6-13(7-5-10)20-12(3)14-8-11(2)9-19-15(14)16(17)18/h8-10,13,16,20H,3-7H2,1-2H3/t10-,13-. The lowest BCUT2D eigenvalue weighted by Crippen LogP contribution is -2.31. The van der Waals surface area contributed by atoms with E-state index in [9.17, 15) is 8.78 Å². The molecule has 0 radical (unpaired) electrons. The van der Waals surface area contributed by atoms with Gasteiger partial charge < -0.3 is 5.32 Å². The third-order valence-electron chi connectivity index (χ3n) is 3.98. The van der Waals surface area contributed by atoms with Crippen LogP contribution in [0, 0.1) is 12.8 Å². The van der Waals surface area contributed by atoms with Gasteiger partial charge in [0.25, 0.3) is 6.43 Å². The number of hydrogen-bond donors (Lipinski definition) is 1. The maximum Gasteiger partial charge on any atom is 0.281 e. The second-order valence-electron chi connectivity index (χ2n) is 5.83. The van der Waals surface area contributed by atoms with Crippen molar-refractivity contribution in [2.45, 2.75) is 52.0 Å². The summed E-state index contributed by atoms with van der Waals surface area (Å²) in [6.45, 7) is 8.04. The molecule has 2 rings (SSSR count). The molecule has 1 aliphatic carbocycles. The fourth-order valence-corrected chi connectivity index (χ4v) is 2.72. The number of pyridine rings is 1. The Morgan fingerprint density at radius 1 is 1.35 bits per heavy atom. The molecule has 0 aromatic carbocycles. The van der Waals surface area contributed by atoms with E-state index in [2.05, 4.69) is 23.8 Å². The average molecular weight is 280 g/mol. The fourth-order valence-electron chi connectivity index (χ4n) is 2.72. The second kappa shape index (κ2) is 6.33. The van der Waals surface area contributed by atoms with Crippen LogP contribution >= 0.6 is 0 Å². The zero-order chi connectivity index (χ0) is 14.7. The predicted octanol–water partition coefficient (Wildman–Crippen LogP) is 4.47. The number of nitrogens with one attached hydrogen (secondary N) is 1. The van der Waals surface area contributed by atoms with Gasteiger partial charge in [0.15, 0.2) is 0 Å². The van der Waals surface area contributed by atoms with Gasteiger partial charge in [0.05, 0.1) is 0 Å². The Labute approximate surface area is 119 Å². The summed E-state index contributed by atoms with van der Waals surface area (Å²) in [7, 11) is 0. The third kappa shape index (κ3) is 3.56. The molecule has 1 aromatic rings. The number of halogens is 2. The summed E-state index contributed by atoms with van der Waals surface area (Å²) >= 11 is 0. The number of aryl methyl sites for hydroxylation is 1. The summed E-state index contributed by atoms with van der Waals surface area (Å²) in [5.74, 6) is 0.763. The molecule has 20 heavy (non-hydrogen) atoms. The number of alkyl halides is 2. The van der Waals surface area contributed by atoms with Gasteiger partial charge in [-0.3, -0.25) is 4.98 Å². The second-order valence-corrected chi connectivity index (χ2v) is 5.83. The van der Waals surface area contributed by atoms with Crippen molar-refractivity contribution < 1.29 is 8.78 Å². The first-order chi connectivity index (χ1) is 9.47. The predicted molar refractivity (Wildman–Crippen MR) is 77.5 cm³/mol. The lowest BCUT2D eigenvalue weighted by Gasteiger charge is -2.29. The number of aromatic nitrogens is 1. The Bertz CT molecular complexity index is 477. The largest absolute Gasteiger partial charge is 0.382 e. The Kier molecular flexibility index (Phi) is 4.73. The van der Waals surface area contributed by atoms with Gasteiger partial charge in [0.1, 0.15) is 5.69 Å². The van der Waals surface area contributed by atoms with Crippen molar-refractivity contribution >= 4 is 5.70 Å². The number of hydrogen-bond acceptors (Lipinski definition) is 2. The van der Waals surface area contributed by atoms with Crippen molar-refractivity contribution in [1.29, 1.82) is 0 Å². The summed E-state index contributed by atoms with van der Waals surface area (Å²) < 4.78 is 26.0. The summed E-state index contributed by atoms with van der Waals surface area (Å²) in [4.78, 5) is 3.85. The minimum atomic E-state index is -2.57. The molecule has 1 saturated carbocycles. The first kappa shape index (κ1) is 14.9. The minimum Gasteiger partial charge on any atom is -0.382 e. The summed E-state index contributed by atoms with van der Waals surface area (Å²) in [5.41, 5.74) is 1.69. The summed E-state index contributed by atoms with van der Waals surface area (Å²) in [6.07, 6.45) is 3.40. The van der Waals surface area contributed by atoms with E-state index in [1.165, 1.54) is 19.0 Å². The Hall–Kier alpha value is -1.45. The van der Waals surface area contributed by atoms with Gasteiger partial charge in [0, 0.05) is 23.5 Å². The van der Waals surface area contributed by atoms with Crippen LogP contribution in [0.15, 0.2) is 18.8 Å². The van der Waals surface area contributed by atoms with Crippen molar-refractivity contribution in [3.8, 4) is 0 Å².